The molecule has 0 aliphatic carbocycles. The van der Waals surface area contributed by atoms with Crippen molar-refractivity contribution in [1.29, 1.82) is 0 Å². The second-order valence-corrected chi connectivity index (χ2v) is 5.79. The Morgan fingerprint density at radius 1 is 1.29 bits per heavy atom. The fraction of sp³-hybridized carbons (Fsp3) is 0.615. The van der Waals surface area contributed by atoms with Crippen LogP contribution in [-0.4, -0.2) is 53.1 Å². The van der Waals surface area contributed by atoms with Crippen molar-refractivity contribution in [2.45, 2.75) is 25.3 Å². The van der Waals surface area contributed by atoms with Crippen molar-refractivity contribution in [2.75, 3.05) is 36.8 Å². The highest BCUT2D eigenvalue weighted by Gasteiger charge is 2.29. The van der Waals surface area contributed by atoms with Crippen LogP contribution in [0.15, 0.2) is 6.07 Å². The molecule has 0 atom stereocenters. The minimum atomic E-state index is 0.0639. The Kier molecular flexibility index (Phi) is 4.01. The van der Waals surface area contributed by atoms with E-state index in [0.29, 0.717) is 11.2 Å². The monoisotopic (exact) mass is 310 g/mol. The zero-order valence-corrected chi connectivity index (χ0v) is 12.5. The summed E-state index contributed by atoms with van der Waals surface area (Å²) < 4.78 is 0. The number of hydrogen-bond acceptors (Lipinski definition) is 5. The third kappa shape index (κ3) is 3.12. The van der Waals surface area contributed by atoms with Gasteiger partial charge in [0.2, 0.25) is 5.95 Å². The number of rotatable bonds is 2. The average molecular weight is 311 g/mol. The number of urea groups is 1. The summed E-state index contributed by atoms with van der Waals surface area (Å²) in [6.07, 6.45) is 2.87. The molecule has 2 aliphatic heterocycles. The van der Waals surface area contributed by atoms with Crippen LogP contribution in [0.2, 0.25) is 5.15 Å². The first-order valence-electron chi connectivity index (χ1n) is 7.23. The topological polar surface area (TPSA) is 87.4 Å². The van der Waals surface area contributed by atoms with Gasteiger partial charge in [0.1, 0.15) is 11.0 Å². The van der Waals surface area contributed by atoms with Gasteiger partial charge in [-0.1, -0.05) is 11.6 Å². The summed E-state index contributed by atoms with van der Waals surface area (Å²) in [6, 6.07) is 2.09. The van der Waals surface area contributed by atoms with Gasteiger partial charge in [-0.05, 0) is 19.3 Å². The summed E-state index contributed by atoms with van der Waals surface area (Å²) in [7, 11) is 0. The van der Waals surface area contributed by atoms with Gasteiger partial charge >= 0.3 is 6.03 Å². The lowest BCUT2D eigenvalue weighted by Crippen LogP contribution is -2.54. The normalized spacial score (nSPS) is 20.5. The molecule has 3 rings (SSSR count). The molecular formula is C13H19ClN6O. The van der Waals surface area contributed by atoms with E-state index >= 15 is 0 Å². The van der Waals surface area contributed by atoms with Gasteiger partial charge in [0.15, 0.2) is 0 Å². The minimum Gasteiger partial charge on any atom is -0.368 e. The summed E-state index contributed by atoms with van der Waals surface area (Å²) >= 11 is 5.92. The Morgan fingerprint density at radius 3 is 2.71 bits per heavy atom. The van der Waals surface area contributed by atoms with Crippen molar-refractivity contribution in [3.8, 4) is 0 Å². The van der Waals surface area contributed by atoms with Crippen molar-refractivity contribution in [1.82, 2.24) is 20.2 Å². The molecule has 1 aromatic heterocycles. The number of nitrogen functional groups attached to an aromatic ring is 1. The molecule has 0 radical (unpaired) electrons. The van der Waals surface area contributed by atoms with Gasteiger partial charge in [-0.2, -0.15) is 4.98 Å². The van der Waals surface area contributed by atoms with Crippen LogP contribution in [0.25, 0.3) is 0 Å². The number of nitrogens with zero attached hydrogens (tertiary/aromatic N) is 4. The van der Waals surface area contributed by atoms with Crippen LogP contribution in [0.1, 0.15) is 19.3 Å². The predicted molar refractivity (Wildman–Crippen MR) is 81.4 cm³/mol. The number of anilines is 2. The molecule has 114 valence electrons. The fourth-order valence-electron chi connectivity index (χ4n) is 2.99. The molecule has 0 unspecified atom stereocenters. The van der Waals surface area contributed by atoms with Crippen LogP contribution >= 0.6 is 11.6 Å². The Balaban J connectivity index is 1.63. The molecule has 1 aromatic rings. The largest absolute Gasteiger partial charge is 0.368 e. The van der Waals surface area contributed by atoms with Gasteiger partial charge in [-0.3, -0.25) is 0 Å². The first-order chi connectivity index (χ1) is 10.1. The summed E-state index contributed by atoms with van der Waals surface area (Å²) in [4.78, 5) is 24.1. The quantitative estimate of drug-likeness (QED) is 0.799. The number of aromatic nitrogens is 2. The highest BCUT2D eigenvalue weighted by Crippen LogP contribution is 2.24. The number of hydrogen-bond donors (Lipinski definition) is 2. The van der Waals surface area contributed by atoms with Gasteiger partial charge < -0.3 is 20.9 Å². The molecule has 2 saturated heterocycles. The van der Waals surface area contributed by atoms with E-state index in [2.05, 4.69) is 20.2 Å². The summed E-state index contributed by atoms with van der Waals surface area (Å²) in [5.74, 6) is 0.948. The highest BCUT2D eigenvalue weighted by atomic mass is 35.5. The van der Waals surface area contributed by atoms with E-state index in [0.717, 1.165) is 51.3 Å². The number of carbonyl (C=O) groups is 1. The molecule has 0 aromatic carbocycles. The van der Waals surface area contributed by atoms with Crippen molar-refractivity contribution >= 4 is 29.4 Å². The van der Waals surface area contributed by atoms with Crippen molar-refractivity contribution < 1.29 is 4.79 Å². The second kappa shape index (κ2) is 5.93. The smallest absolute Gasteiger partial charge is 0.317 e. The van der Waals surface area contributed by atoms with E-state index in [1.807, 2.05) is 4.90 Å². The summed E-state index contributed by atoms with van der Waals surface area (Å²) in [6.45, 7) is 3.30. The number of halogens is 1. The lowest BCUT2D eigenvalue weighted by Gasteiger charge is -2.40. The van der Waals surface area contributed by atoms with Crippen molar-refractivity contribution in [2.24, 2.45) is 0 Å². The molecule has 7 nitrogen and oxygen atoms in total. The number of nitrogens with two attached hydrogens (primary N) is 1. The number of carbonyl (C=O) groups excluding carboxylic acids is 1. The number of piperidine rings is 1. The van der Waals surface area contributed by atoms with Gasteiger partial charge in [0, 0.05) is 38.3 Å². The van der Waals surface area contributed by atoms with Gasteiger partial charge in [0.25, 0.3) is 0 Å². The van der Waals surface area contributed by atoms with E-state index < -0.39 is 0 Å². The first-order valence-corrected chi connectivity index (χ1v) is 7.61. The van der Waals surface area contributed by atoms with Gasteiger partial charge in [-0.15, -0.1) is 0 Å². The average Bonchev–Trinajstić information content (AvgIpc) is 2.47. The zero-order valence-electron chi connectivity index (χ0n) is 11.8. The third-order valence-corrected chi connectivity index (χ3v) is 4.23. The molecule has 2 aliphatic rings. The van der Waals surface area contributed by atoms with Crippen LogP contribution < -0.4 is 16.0 Å². The van der Waals surface area contributed by atoms with Crippen LogP contribution in [0.3, 0.4) is 0 Å². The van der Waals surface area contributed by atoms with E-state index in [1.165, 1.54) is 0 Å². The standard InChI is InChI=1S/C13H19ClN6O/c14-10-8-11(18-12(15)17-10)19-6-2-9(3-7-19)20-5-1-4-16-13(20)21/h8-9H,1-7H2,(H,16,21)(H2,15,17,18). The molecule has 0 saturated carbocycles. The molecule has 21 heavy (non-hydrogen) atoms. The van der Waals surface area contributed by atoms with Crippen LogP contribution in [0, 0.1) is 0 Å². The Bertz CT molecular complexity index is 511. The van der Waals surface area contributed by atoms with E-state index in [9.17, 15) is 4.79 Å². The van der Waals surface area contributed by atoms with E-state index in [-0.39, 0.29) is 12.0 Å². The lowest BCUT2D eigenvalue weighted by atomic mass is 10.0. The maximum Gasteiger partial charge on any atom is 0.317 e. The second-order valence-electron chi connectivity index (χ2n) is 5.40. The minimum absolute atomic E-state index is 0.0639. The summed E-state index contributed by atoms with van der Waals surface area (Å²) in [5.41, 5.74) is 5.63. The Labute approximate surface area is 128 Å². The SMILES string of the molecule is Nc1nc(Cl)cc(N2CCC(N3CCCNC3=O)CC2)n1. The van der Waals surface area contributed by atoms with Crippen molar-refractivity contribution in [3.63, 3.8) is 0 Å². The Morgan fingerprint density at radius 2 is 2.05 bits per heavy atom. The summed E-state index contributed by atoms with van der Waals surface area (Å²) in [5, 5.41) is 3.26. The molecule has 2 amide bonds. The lowest BCUT2D eigenvalue weighted by molar-refractivity contribution is 0.149. The molecule has 0 spiro atoms. The van der Waals surface area contributed by atoms with E-state index in [1.54, 1.807) is 6.07 Å². The molecule has 3 N–H and O–H groups in total. The molecule has 8 heteroatoms. The fourth-order valence-corrected chi connectivity index (χ4v) is 3.17. The number of nitrogens with one attached hydrogen (secondary N) is 1. The van der Waals surface area contributed by atoms with Crippen molar-refractivity contribution in [3.05, 3.63) is 11.2 Å². The molecular weight excluding hydrogens is 292 g/mol. The van der Waals surface area contributed by atoms with E-state index in [4.69, 9.17) is 17.3 Å². The first kappa shape index (κ1) is 14.2. The molecule has 3 heterocycles. The van der Waals surface area contributed by atoms with Crippen LogP contribution in [0.4, 0.5) is 16.6 Å². The van der Waals surface area contributed by atoms with Gasteiger partial charge in [-0.25, -0.2) is 9.78 Å². The third-order valence-electron chi connectivity index (χ3n) is 4.04. The van der Waals surface area contributed by atoms with Crippen LogP contribution in [0.5, 0.6) is 0 Å². The van der Waals surface area contributed by atoms with Gasteiger partial charge in [0.05, 0.1) is 0 Å². The zero-order chi connectivity index (χ0) is 14.8. The highest BCUT2D eigenvalue weighted by molar-refractivity contribution is 6.29. The van der Waals surface area contributed by atoms with Crippen LogP contribution in [-0.2, 0) is 0 Å². The number of amides is 2. The maximum atomic E-state index is 11.9. The maximum absolute atomic E-state index is 11.9. The molecule has 0 bridgehead atoms. The predicted octanol–water partition coefficient (Wildman–Crippen LogP) is 1.10. The molecule has 2 fully saturated rings. The Hall–Kier alpha value is -1.76.